The van der Waals surface area contributed by atoms with Crippen LogP contribution >= 0.6 is 11.6 Å². The van der Waals surface area contributed by atoms with Gasteiger partial charge in [0.15, 0.2) is 0 Å². The summed E-state index contributed by atoms with van der Waals surface area (Å²) in [4.78, 5) is 12.6. The minimum atomic E-state index is -3.71. The van der Waals surface area contributed by atoms with E-state index in [0.717, 1.165) is 0 Å². The van der Waals surface area contributed by atoms with Crippen LogP contribution in [0.2, 0.25) is 5.02 Å². The molecule has 0 unspecified atom stereocenters. The van der Waals surface area contributed by atoms with Crippen LogP contribution in [0.4, 0.5) is 5.69 Å². The fourth-order valence-corrected chi connectivity index (χ4v) is 3.87. The molecule has 27 heavy (non-hydrogen) atoms. The first kappa shape index (κ1) is 21.0. The maximum Gasteiger partial charge on any atom is 0.255 e. The number of carbonyl (C=O) groups is 1. The molecule has 2 rings (SSSR count). The van der Waals surface area contributed by atoms with Crippen LogP contribution in [-0.2, 0) is 10.0 Å². The summed E-state index contributed by atoms with van der Waals surface area (Å²) in [7, 11) is -0.793. The van der Waals surface area contributed by atoms with Crippen molar-refractivity contribution in [1.82, 2.24) is 4.72 Å². The molecule has 2 aromatic carbocycles. The Morgan fingerprint density at radius 3 is 2.33 bits per heavy atom. The average molecular weight is 413 g/mol. The molecule has 7 nitrogen and oxygen atoms in total. The molecule has 2 N–H and O–H groups in total. The van der Waals surface area contributed by atoms with Crippen LogP contribution in [0, 0.1) is 0 Å². The highest BCUT2D eigenvalue weighted by Crippen LogP contribution is 2.36. The monoisotopic (exact) mass is 412 g/mol. The van der Waals surface area contributed by atoms with Gasteiger partial charge in [-0.25, -0.2) is 13.1 Å². The van der Waals surface area contributed by atoms with E-state index in [9.17, 15) is 13.2 Å². The molecular formula is C18H21ClN2O5S. The van der Waals surface area contributed by atoms with Crippen molar-refractivity contribution in [3.05, 3.63) is 47.0 Å². The number of amides is 1. The van der Waals surface area contributed by atoms with Gasteiger partial charge in [0.25, 0.3) is 5.91 Å². The maximum absolute atomic E-state index is 12.6. The lowest BCUT2D eigenvalue weighted by Crippen LogP contribution is -2.30. The van der Waals surface area contributed by atoms with Crippen molar-refractivity contribution in [3.8, 4) is 11.5 Å². The number of ether oxygens (including phenoxy) is 2. The number of rotatable bonds is 7. The minimum Gasteiger partial charge on any atom is -0.495 e. The van der Waals surface area contributed by atoms with Crippen LogP contribution in [0.15, 0.2) is 41.3 Å². The number of carbonyl (C=O) groups excluding carboxylic acids is 1. The van der Waals surface area contributed by atoms with Crippen molar-refractivity contribution < 1.29 is 22.7 Å². The molecule has 0 aromatic heterocycles. The van der Waals surface area contributed by atoms with Gasteiger partial charge in [0.05, 0.1) is 29.8 Å². The molecule has 2 aromatic rings. The first-order valence-corrected chi connectivity index (χ1v) is 9.89. The summed E-state index contributed by atoms with van der Waals surface area (Å²) in [5, 5.41) is 2.97. The Kier molecular flexibility index (Phi) is 6.69. The van der Waals surface area contributed by atoms with Crippen molar-refractivity contribution in [1.29, 1.82) is 0 Å². The lowest BCUT2D eigenvalue weighted by Gasteiger charge is -2.14. The third kappa shape index (κ3) is 5.12. The van der Waals surface area contributed by atoms with Gasteiger partial charge >= 0.3 is 0 Å². The second-order valence-electron chi connectivity index (χ2n) is 5.94. The van der Waals surface area contributed by atoms with Crippen LogP contribution in [0.3, 0.4) is 0 Å². The van der Waals surface area contributed by atoms with Gasteiger partial charge in [-0.15, -0.1) is 0 Å². The van der Waals surface area contributed by atoms with Gasteiger partial charge in [-0.2, -0.15) is 0 Å². The van der Waals surface area contributed by atoms with Crippen LogP contribution in [0.25, 0.3) is 0 Å². The smallest absolute Gasteiger partial charge is 0.255 e. The van der Waals surface area contributed by atoms with E-state index >= 15 is 0 Å². The largest absolute Gasteiger partial charge is 0.495 e. The van der Waals surface area contributed by atoms with Crippen LogP contribution in [-0.4, -0.2) is 34.6 Å². The summed E-state index contributed by atoms with van der Waals surface area (Å²) in [5.74, 6) is 0.255. The van der Waals surface area contributed by atoms with Crippen molar-refractivity contribution in [3.63, 3.8) is 0 Å². The van der Waals surface area contributed by atoms with Gasteiger partial charge < -0.3 is 14.8 Å². The molecule has 146 valence electrons. The zero-order valence-electron chi connectivity index (χ0n) is 15.4. The number of nitrogens with one attached hydrogen (secondary N) is 2. The molecule has 0 saturated carbocycles. The van der Waals surface area contributed by atoms with Gasteiger partial charge in [0.1, 0.15) is 11.5 Å². The van der Waals surface area contributed by atoms with E-state index in [1.54, 1.807) is 19.9 Å². The number of anilines is 1. The molecular weight excluding hydrogens is 392 g/mol. The molecule has 9 heteroatoms. The van der Waals surface area contributed by atoms with E-state index in [1.165, 1.54) is 44.6 Å². The van der Waals surface area contributed by atoms with Gasteiger partial charge in [-0.3, -0.25) is 4.79 Å². The Labute approximate surface area is 163 Å². The lowest BCUT2D eigenvalue weighted by molar-refractivity contribution is 0.102. The average Bonchev–Trinajstić information content (AvgIpc) is 2.61. The summed E-state index contributed by atoms with van der Waals surface area (Å²) in [5.41, 5.74) is 0.512. The number of benzene rings is 2. The third-order valence-electron chi connectivity index (χ3n) is 3.52. The molecule has 0 spiro atoms. The number of hydrogen-bond acceptors (Lipinski definition) is 5. The molecule has 0 saturated heterocycles. The number of halogens is 1. The highest BCUT2D eigenvalue weighted by molar-refractivity contribution is 7.89. The first-order chi connectivity index (χ1) is 12.7. The van der Waals surface area contributed by atoms with Crippen LogP contribution in [0.5, 0.6) is 11.5 Å². The molecule has 0 aliphatic rings. The topological polar surface area (TPSA) is 93.7 Å². The van der Waals surface area contributed by atoms with Crippen molar-refractivity contribution >= 4 is 33.2 Å². The summed E-state index contributed by atoms with van der Waals surface area (Å²) < 4.78 is 37.4. The fraction of sp³-hybridized carbons (Fsp3) is 0.278. The molecule has 0 fully saturated rings. The van der Waals surface area contributed by atoms with Crippen molar-refractivity contribution in [2.75, 3.05) is 19.5 Å². The fourth-order valence-electron chi connectivity index (χ4n) is 2.34. The lowest BCUT2D eigenvalue weighted by atomic mass is 10.2. The molecule has 1 amide bonds. The molecule has 0 heterocycles. The predicted octanol–water partition coefficient (Wildman–Crippen LogP) is 3.30. The quantitative estimate of drug-likeness (QED) is 0.727. The maximum atomic E-state index is 12.6. The van der Waals surface area contributed by atoms with Gasteiger partial charge in [0.2, 0.25) is 10.0 Å². The normalized spacial score (nSPS) is 11.3. The third-order valence-corrected chi connectivity index (χ3v) is 5.47. The van der Waals surface area contributed by atoms with Crippen molar-refractivity contribution in [2.24, 2.45) is 0 Å². The van der Waals surface area contributed by atoms with E-state index in [-0.39, 0.29) is 16.5 Å². The Balaban J connectivity index is 2.32. The van der Waals surface area contributed by atoms with Gasteiger partial charge in [0, 0.05) is 17.7 Å². The van der Waals surface area contributed by atoms with E-state index in [4.69, 9.17) is 21.1 Å². The van der Waals surface area contributed by atoms with Gasteiger partial charge in [-0.1, -0.05) is 17.7 Å². The number of hydrogen-bond donors (Lipinski definition) is 2. The summed E-state index contributed by atoms with van der Waals surface area (Å²) in [6.07, 6.45) is 0. The minimum absolute atomic E-state index is 0.00331. The second kappa shape index (κ2) is 8.60. The molecule has 0 aliphatic carbocycles. The molecule has 0 aliphatic heterocycles. The van der Waals surface area contributed by atoms with Crippen LogP contribution in [0.1, 0.15) is 24.2 Å². The first-order valence-electron chi connectivity index (χ1n) is 8.03. The highest BCUT2D eigenvalue weighted by Gasteiger charge is 2.18. The Hall–Kier alpha value is -2.29. The summed E-state index contributed by atoms with van der Waals surface area (Å²) >= 11 is 6.10. The van der Waals surface area contributed by atoms with E-state index < -0.39 is 15.9 Å². The number of methoxy groups -OCH3 is 2. The Bertz CT molecular complexity index is 945. The predicted molar refractivity (Wildman–Crippen MR) is 104 cm³/mol. The second-order valence-corrected chi connectivity index (χ2v) is 8.07. The Morgan fingerprint density at radius 2 is 1.74 bits per heavy atom. The highest BCUT2D eigenvalue weighted by atomic mass is 35.5. The summed E-state index contributed by atoms with van der Waals surface area (Å²) in [6.45, 7) is 3.43. The van der Waals surface area contributed by atoms with E-state index in [0.29, 0.717) is 22.2 Å². The van der Waals surface area contributed by atoms with Crippen LogP contribution < -0.4 is 19.5 Å². The molecule has 0 radical (unpaired) electrons. The Morgan fingerprint density at radius 1 is 1.07 bits per heavy atom. The SMILES string of the molecule is COc1cc(OC)c(NC(=O)c2cccc(S(=O)(=O)NC(C)C)c2)cc1Cl. The summed E-state index contributed by atoms with van der Waals surface area (Å²) in [6, 6.07) is 8.52. The zero-order valence-corrected chi connectivity index (χ0v) is 16.9. The molecule has 0 atom stereocenters. The van der Waals surface area contributed by atoms with E-state index in [1.807, 2.05) is 0 Å². The van der Waals surface area contributed by atoms with Crippen molar-refractivity contribution in [2.45, 2.75) is 24.8 Å². The number of sulfonamides is 1. The van der Waals surface area contributed by atoms with E-state index in [2.05, 4.69) is 10.0 Å². The molecule has 0 bridgehead atoms. The van der Waals surface area contributed by atoms with Gasteiger partial charge in [-0.05, 0) is 38.1 Å². The standard InChI is InChI=1S/C18H21ClN2O5S/c1-11(2)21-27(23,24)13-7-5-6-12(8-13)18(22)20-15-9-14(19)16(25-3)10-17(15)26-4/h5-11,21H,1-4H3,(H,20,22). The zero-order chi connectivity index (χ0) is 20.2.